The summed E-state index contributed by atoms with van der Waals surface area (Å²) in [5.41, 5.74) is 7.05. The summed E-state index contributed by atoms with van der Waals surface area (Å²) in [6, 6.07) is 15.5. The first-order valence-electron chi connectivity index (χ1n) is 7.41. The van der Waals surface area contributed by atoms with Gasteiger partial charge in [0.1, 0.15) is 0 Å². The zero-order chi connectivity index (χ0) is 16.3. The maximum absolute atomic E-state index is 6.09. The lowest BCUT2D eigenvalue weighted by Crippen LogP contribution is -2.06. The minimum absolute atomic E-state index is 0.476. The van der Waals surface area contributed by atoms with E-state index in [1.54, 1.807) is 12.1 Å². The molecule has 0 fully saturated rings. The van der Waals surface area contributed by atoms with Gasteiger partial charge in [0.05, 0.1) is 54.9 Å². The Morgan fingerprint density at radius 3 is 1.46 bits per heavy atom. The van der Waals surface area contributed by atoms with Crippen LogP contribution in [-0.4, -0.2) is 9.97 Å². The third-order valence-corrected chi connectivity index (χ3v) is 4.80. The van der Waals surface area contributed by atoms with Gasteiger partial charge in [-0.25, -0.2) is 9.97 Å². The first kappa shape index (κ1) is 13.8. The maximum atomic E-state index is 6.09. The summed E-state index contributed by atoms with van der Waals surface area (Å²) in [7, 11) is 0. The number of nitrogens with one attached hydrogen (secondary N) is 2. The van der Waals surface area contributed by atoms with Crippen molar-refractivity contribution in [1.82, 2.24) is 9.97 Å². The van der Waals surface area contributed by atoms with Crippen molar-refractivity contribution >= 4 is 68.0 Å². The summed E-state index contributed by atoms with van der Waals surface area (Å²) in [6.45, 7) is 0. The van der Waals surface area contributed by atoms with Crippen molar-refractivity contribution in [3.63, 3.8) is 0 Å². The van der Waals surface area contributed by atoms with E-state index in [1.807, 2.05) is 36.4 Å². The molecule has 1 aliphatic rings. The Morgan fingerprint density at radius 2 is 1.00 bits per heavy atom. The predicted octanol–water partition coefficient (Wildman–Crippen LogP) is 5.89. The topological polar surface area (TPSA) is 49.8 Å². The number of anilines is 4. The molecule has 24 heavy (non-hydrogen) atoms. The van der Waals surface area contributed by atoms with Gasteiger partial charge < -0.3 is 10.6 Å². The molecule has 3 aromatic carbocycles. The number of hydrogen-bond donors (Lipinski definition) is 2. The molecule has 0 aliphatic carbocycles. The van der Waals surface area contributed by atoms with Crippen LogP contribution in [0.4, 0.5) is 22.7 Å². The van der Waals surface area contributed by atoms with Crippen molar-refractivity contribution in [3.8, 4) is 0 Å². The fourth-order valence-electron chi connectivity index (χ4n) is 2.92. The minimum Gasteiger partial charge on any atom is -0.352 e. The molecule has 0 unspecified atom stereocenters. The first-order chi connectivity index (χ1) is 11.7. The number of aromatic nitrogens is 2. The van der Waals surface area contributed by atoms with Gasteiger partial charge in [-0.3, -0.25) is 0 Å². The molecule has 4 nitrogen and oxygen atoms in total. The van der Waals surface area contributed by atoms with Crippen LogP contribution < -0.4 is 10.6 Å². The molecule has 0 bridgehead atoms. The van der Waals surface area contributed by atoms with Gasteiger partial charge in [-0.05, 0) is 36.4 Å². The van der Waals surface area contributed by atoms with Crippen molar-refractivity contribution in [3.05, 3.63) is 58.6 Å². The molecule has 2 N–H and O–H groups in total. The molecular formula is C18H10Cl2N4. The third kappa shape index (κ3) is 2.08. The Kier molecular flexibility index (Phi) is 2.86. The lowest BCUT2D eigenvalue weighted by Gasteiger charge is -2.23. The Hall–Kier alpha value is -2.56. The molecule has 0 amide bonds. The summed E-state index contributed by atoms with van der Waals surface area (Å²) in [5.74, 6) is 0. The van der Waals surface area contributed by atoms with E-state index >= 15 is 0 Å². The molecule has 116 valence electrons. The maximum Gasteiger partial charge on any atom is 0.0916 e. The highest BCUT2D eigenvalue weighted by Gasteiger charge is 2.16. The van der Waals surface area contributed by atoms with E-state index in [0.29, 0.717) is 10.0 Å². The smallest absolute Gasteiger partial charge is 0.0916 e. The number of rotatable bonds is 0. The highest BCUT2D eigenvalue weighted by molar-refractivity contribution is 6.42. The molecule has 4 aromatic rings. The number of halogens is 2. The van der Waals surface area contributed by atoms with Gasteiger partial charge in [0.15, 0.2) is 0 Å². The quantitative estimate of drug-likeness (QED) is 0.341. The number of fused-ring (bicyclic) bond motifs is 4. The minimum atomic E-state index is 0.476. The monoisotopic (exact) mass is 352 g/mol. The van der Waals surface area contributed by atoms with E-state index in [-0.39, 0.29) is 0 Å². The highest BCUT2D eigenvalue weighted by atomic mass is 35.5. The number of para-hydroxylation sites is 2. The molecule has 1 aromatic heterocycles. The normalized spacial score (nSPS) is 12.4. The third-order valence-electron chi connectivity index (χ3n) is 4.08. The molecule has 6 heteroatoms. The fourth-order valence-corrected chi connectivity index (χ4v) is 3.23. The van der Waals surface area contributed by atoms with Gasteiger partial charge >= 0.3 is 0 Å². The number of hydrogen-bond acceptors (Lipinski definition) is 4. The van der Waals surface area contributed by atoms with Crippen molar-refractivity contribution in [2.45, 2.75) is 0 Å². The van der Waals surface area contributed by atoms with Crippen LogP contribution in [0, 0.1) is 0 Å². The van der Waals surface area contributed by atoms with Crippen LogP contribution >= 0.6 is 23.2 Å². The van der Waals surface area contributed by atoms with Crippen molar-refractivity contribution in [2.24, 2.45) is 0 Å². The van der Waals surface area contributed by atoms with Gasteiger partial charge in [-0.2, -0.15) is 0 Å². The molecule has 1 aliphatic heterocycles. The average molecular weight is 353 g/mol. The Balaban J connectivity index is 1.74. The van der Waals surface area contributed by atoms with Crippen LogP contribution in [0.25, 0.3) is 22.1 Å². The lowest BCUT2D eigenvalue weighted by atomic mass is 10.1. The molecule has 0 saturated heterocycles. The van der Waals surface area contributed by atoms with E-state index in [1.165, 1.54) is 0 Å². The van der Waals surface area contributed by atoms with E-state index in [2.05, 4.69) is 20.6 Å². The van der Waals surface area contributed by atoms with Crippen LogP contribution in [0.1, 0.15) is 0 Å². The van der Waals surface area contributed by atoms with Crippen molar-refractivity contribution in [2.75, 3.05) is 10.6 Å². The summed E-state index contributed by atoms with van der Waals surface area (Å²) in [4.78, 5) is 9.34. The fraction of sp³-hybridized carbons (Fsp3) is 0. The summed E-state index contributed by atoms with van der Waals surface area (Å²) in [5, 5.41) is 7.80. The molecular weight excluding hydrogens is 343 g/mol. The van der Waals surface area contributed by atoms with Gasteiger partial charge in [-0.15, -0.1) is 0 Å². The highest BCUT2D eigenvalue weighted by Crippen LogP contribution is 2.40. The Morgan fingerprint density at radius 1 is 0.583 bits per heavy atom. The van der Waals surface area contributed by atoms with Crippen molar-refractivity contribution in [1.29, 1.82) is 0 Å². The van der Waals surface area contributed by atoms with Gasteiger partial charge in [0.25, 0.3) is 0 Å². The lowest BCUT2D eigenvalue weighted by molar-refractivity contribution is 1.38. The summed E-state index contributed by atoms with van der Waals surface area (Å²) >= 11 is 12.2. The Labute approximate surface area is 147 Å². The van der Waals surface area contributed by atoms with E-state index in [0.717, 1.165) is 44.8 Å². The van der Waals surface area contributed by atoms with Crippen LogP contribution in [0.15, 0.2) is 48.5 Å². The molecule has 0 radical (unpaired) electrons. The second kappa shape index (κ2) is 4.97. The van der Waals surface area contributed by atoms with Gasteiger partial charge in [0.2, 0.25) is 0 Å². The SMILES string of the molecule is Clc1cc2nc3cc4c(cc3nc2cc1Cl)Nc1ccccc1N4. The zero-order valence-electron chi connectivity index (χ0n) is 12.3. The second-order valence-corrected chi connectivity index (χ2v) is 6.48. The largest absolute Gasteiger partial charge is 0.352 e. The average Bonchev–Trinajstić information content (AvgIpc) is 2.58. The van der Waals surface area contributed by atoms with E-state index < -0.39 is 0 Å². The van der Waals surface area contributed by atoms with Gasteiger partial charge in [-0.1, -0.05) is 35.3 Å². The van der Waals surface area contributed by atoms with Crippen LogP contribution in [0.3, 0.4) is 0 Å². The predicted molar refractivity (Wildman–Crippen MR) is 100 cm³/mol. The molecule has 0 saturated carbocycles. The second-order valence-electron chi connectivity index (χ2n) is 5.66. The summed E-state index contributed by atoms with van der Waals surface area (Å²) in [6.07, 6.45) is 0. The first-order valence-corrected chi connectivity index (χ1v) is 8.17. The molecule has 5 rings (SSSR count). The standard InChI is InChI=1S/C18H10Cl2N4/c19-9-5-13-14(6-10(9)20)24-18-8-16-15(7-17(18)23-13)21-11-3-1-2-4-12(11)22-16/h1-8,21-22H. The molecule has 2 heterocycles. The summed E-state index contributed by atoms with van der Waals surface area (Å²) < 4.78 is 0. The van der Waals surface area contributed by atoms with Crippen molar-refractivity contribution < 1.29 is 0 Å². The number of benzene rings is 3. The molecule has 0 spiro atoms. The van der Waals surface area contributed by atoms with Gasteiger partial charge in [0, 0.05) is 0 Å². The van der Waals surface area contributed by atoms with E-state index in [9.17, 15) is 0 Å². The Bertz CT molecular complexity index is 1050. The zero-order valence-corrected chi connectivity index (χ0v) is 13.8. The van der Waals surface area contributed by atoms with Crippen LogP contribution in [0.5, 0.6) is 0 Å². The molecule has 0 atom stereocenters. The van der Waals surface area contributed by atoms with E-state index in [4.69, 9.17) is 23.2 Å². The van der Waals surface area contributed by atoms with Crippen LogP contribution in [-0.2, 0) is 0 Å². The van der Waals surface area contributed by atoms with Crippen LogP contribution in [0.2, 0.25) is 10.0 Å². The number of nitrogens with zero attached hydrogens (tertiary/aromatic N) is 2.